The number of nitrogens with one attached hydrogen (secondary N) is 2. The van der Waals surface area contributed by atoms with E-state index in [0.29, 0.717) is 12.1 Å². The van der Waals surface area contributed by atoms with Crippen molar-refractivity contribution in [2.75, 3.05) is 27.2 Å². The predicted molar refractivity (Wildman–Crippen MR) is 59.6 cm³/mol. The second-order valence-corrected chi connectivity index (χ2v) is 4.98. The van der Waals surface area contributed by atoms with E-state index in [1.165, 1.54) is 12.8 Å². The molecule has 3 atom stereocenters. The van der Waals surface area contributed by atoms with Crippen molar-refractivity contribution in [2.24, 2.45) is 5.92 Å². The minimum Gasteiger partial charge on any atom is -0.355 e. The fraction of sp³-hybridized carbons (Fsp3) is 0.909. The molecule has 15 heavy (non-hydrogen) atoms. The van der Waals surface area contributed by atoms with E-state index >= 15 is 0 Å². The number of hydrogen-bond acceptors (Lipinski definition) is 3. The molecule has 2 aliphatic heterocycles. The first-order chi connectivity index (χ1) is 7.16. The van der Waals surface area contributed by atoms with Crippen molar-refractivity contribution in [2.45, 2.75) is 31.3 Å². The average molecular weight is 211 g/mol. The van der Waals surface area contributed by atoms with Crippen LogP contribution in [0.5, 0.6) is 0 Å². The number of carbonyl (C=O) groups excluding carboxylic acids is 1. The Kier molecular flexibility index (Phi) is 3.26. The van der Waals surface area contributed by atoms with E-state index in [2.05, 4.69) is 15.5 Å². The highest BCUT2D eigenvalue weighted by Crippen LogP contribution is 2.33. The van der Waals surface area contributed by atoms with Crippen molar-refractivity contribution >= 4 is 5.91 Å². The molecule has 2 aliphatic rings. The Morgan fingerprint density at radius 1 is 1.47 bits per heavy atom. The molecule has 0 aromatic heterocycles. The molecular weight excluding hydrogens is 190 g/mol. The maximum atomic E-state index is 11.8. The Hall–Kier alpha value is -0.610. The van der Waals surface area contributed by atoms with Gasteiger partial charge in [0.25, 0.3) is 0 Å². The van der Waals surface area contributed by atoms with Crippen molar-refractivity contribution in [1.29, 1.82) is 0 Å². The maximum absolute atomic E-state index is 11.8. The van der Waals surface area contributed by atoms with Crippen molar-refractivity contribution in [3.05, 3.63) is 0 Å². The smallest absolute Gasteiger partial charge is 0.224 e. The second-order valence-electron chi connectivity index (χ2n) is 4.98. The van der Waals surface area contributed by atoms with Gasteiger partial charge in [0.15, 0.2) is 0 Å². The quantitative estimate of drug-likeness (QED) is 0.677. The van der Waals surface area contributed by atoms with Crippen LogP contribution in [0.25, 0.3) is 0 Å². The summed E-state index contributed by atoms with van der Waals surface area (Å²) in [4.78, 5) is 13.9. The molecule has 0 radical (unpaired) electrons. The fourth-order valence-electron chi connectivity index (χ4n) is 2.65. The van der Waals surface area contributed by atoms with E-state index in [1.54, 1.807) is 0 Å². The zero-order valence-electron chi connectivity index (χ0n) is 9.62. The van der Waals surface area contributed by atoms with Crippen LogP contribution in [0.4, 0.5) is 0 Å². The van der Waals surface area contributed by atoms with Crippen molar-refractivity contribution in [3.63, 3.8) is 0 Å². The Balaban J connectivity index is 1.72. The molecule has 1 amide bonds. The molecular formula is C11H21N3O. The van der Waals surface area contributed by atoms with Crippen molar-refractivity contribution < 1.29 is 4.79 Å². The Bertz CT molecular complexity index is 242. The van der Waals surface area contributed by atoms with Crippen LogP contribution >= 0.6 is 0 Å². The Morgan fingerprint density at radius 3 is 2.80 bits per heavy atom. The zero-order chi connectivity index (χ0) is 10.8. The van der Waals surface area contributed by atoms with Crippen molar-refractivity contribution in [3.8, 4) is 0 Å². The Morgan fingerprint density at radius 2 is 2.27 bits per heavy atom. The molecule has 86 valence electrons. The van der Waals surface area contributed by atoms with Crippen LogP contribution < -0.4 is 10.6 Å². The van der Waals surface area contributed by atoms with Gasteiger partial charge < -0.3 is 15.5 Å². The molecule has 4 heteroatoms. The van der Waals surface area contributed by atoms with Gasteiger partial charge in [-0.3, -0.25) is 4.79 Å². The summed E-state index contributed by atoms with van der Waals surface area (Å²) in [6.45, 7) is 1.68. The second kappa shape index (κ2) is 4.49. The number of fused-ring (bicyclic) bond motifs is 2. The van der Waals surface area contributed by atoms with Gasteiger partial charge in [-0.1, -0.05) is 0 Å². The van der Waals surface area contributed by atoms with Gasteiger partial charge in [-0.15, -0.1) is 0 Å². The lowest BCUT2D eigenvalue weighted by molar-refractivity contribution is -0.125. The molecule has 2 rings (SSSR count). The summed E-state index contributed by atoms with van der Waals surface area (Å²) >= 11 is 0. The number of hydrogen-bond donors (Lipinski definition) is 2. The third-order valence-electron chi connectivity index (χ3n) is 3.50. The SMILES string of the molecule is CN(C)CCNC(=O)C1CC2CCC1N2. The van der Waals surface area contributed by atoms with Gasteiger partial charge in [-0.05, 0) is 33.4 Å². The number of carbonyl (C=O) groups is 1. The first-order valence-corrected chi connectivity index (χ1v) is 5.85. The maximum Gasteiger partial charge on any atom is 0.224 e. The monoisotopic (exact) mass is 211 g/mol. The molecule has 0 aromatic rings. The van der Waals surface area contributed by atoms with Gasteiger partial charge in [0, 0.05) is 25.2 Å². The number of amides is 1. The average Bonchev–Trinajstić information content (AvgIpc) is 2.77. The number of likely N-dealkylation sites (N-methyl/N-ethyl adjacent to an activating group) is 1. The largest absolute Gasteiger partial charge is 0.355 e. The number of nitrogens with zero attached hydrogens (tertiary/aromatic N) is 1. The molecule has 0 aliphatic carbocycles. The summed E-state index contributed by atoms with van der Waals surface area (Å²) in [5, 5.41) is 6.51. The molecule has 0 aromatic carbocycles. The summed E-state index contributed by atoms with van der Waals surface area (Å²) in [5.74, 6) is 0.475. The summed E-state index contributed by atoms with van der Waals surface area (Å²) in [7, 11) is 4.04. The lowest BCUT2D eigenvalue weighted by Gasteiger charge is -2.20. The van der Waals surface area contributed by atoms with Crippen LogP contribution in [-0.4, -0.2) is 50.1 Å². The van der Waals surface area contributed by atoms with Crippen LogP contribution in [0.3, 0.4) is 0 Å². The van der Waals surface area contributed by atoms with Gasteiger partial charge in [0.05, 0.1) is 5.92 Å². The topological polar surface area (TPSA) is 44.4 Å². The molecule has 2 heterocycles. The standard InChI is InChI=1S/C11H21N3O/c1-14(2)6-5-12-11(15)9-7-8-3-4-10(9)13-8/h8-10,13H,3-7H2,1-2H3,(H,12,15). The first-order valence-electron chi connectivity index (χ1n) is 5.85. The minimum absolute atomic E-state index is 0.228. The van der Waals surface area contributed by atoms with E-state index in [4.69, 9.17) is 0 Å². The zero-order valence-corrected chi connectivity index (χ0v) is 9.62. The van der Waals surface area contributed by atoms with Crippen LogP contribution in [0.1, 0.15) is 19.3 Å². The van der Waals surface area contributed by atoms with Gasteiger partial charge >= 0.3 is 0 Å². The Labute approximate surface area is 91.4 Å². The van der Waals surface area contributed by atoms with E-state index in [1.807, 2.05) is 14.1 Å². The van der Waals surface area contributed by atoms with Gasteiger partial charge in [-0.2, -0.15) is 0 Å². The normalized spacial score (nSPS) is 33.7. The lowest BCUT2D eigenvalue weighted by atomic mass is 9.88. The summed E-state index contributed by atoms with van der Waals surface area (Å²) < 4.78 is 0. The van der Waals surface area contributed by atoms with Crippen molar-refractivity contribution in [1.82, 2.24) is 15.5 Å². The fourth-order valence-corrected chi connectivity index (χ4v) is 2.65. The van der Waals surface area contributed by atoms with E-state index < -0.39 is 0 Å². The van der Waals surface area contributed by atoms with Crippen LogP contribution in [0.2, 0.25) is 0 Å². The van der Waals surface area contributed by atoms with Gasteiger partial charge in [0.1, 0.15) is 0 Å². The van der Waals surface area contributed by atoms with Gasteiger partial charge in [0.2, 0.25) is 5.91 Å². The van der Waals surface area contributed by atoms with Crippen LogP contribution in [-0.2, 0) is 4.79 Å². The first kappa shape index (κ1) is 10.9. The van der Waals surface area contributed by atoms with Gasteiger partial charge in [-0.25, -0.2) is 0 Å². The third kappa shape index (κ3) is 2.49. The summed E-state index contributed by atoms with van der Waals surface area (Å²) in [6.07, 6.45) is 3.47. The molecule has 4 nitrogen and oxygen atoms in total. The minimum atomic E-state index is 0.228. The molecule has 2 fully saturated rings. The third-order valence-corrected chi connectivity index (χ3v) is 3.50. The predicted octanol–water partition coefficient (Wildman–Crippen LogP) is -0.195. The summed E-state index contributed by atoms with van der Waals surface area (Å²) in [6, 6.07) is 1.06. The molecule has 2 bridgehead atoms. The van der Waals surface area contributed by atoms with Crippen LogP contribution in [0, 0.1) is 5.92 Å². The van der Waals surface area contributed by atoms with Crippen LogP contribution in [0.15, 0.2) is 0 Å². The highest BCUT2D eigenvalue weighted by molar-refractivity contribution is 5.80. The molecule has 2 saturated heterocycles. The lowest BCUT2D eigenvalue weighted by Crippen LogP contribution is -2.40. The molecule has 0 spiro atoms. The highest BCUT2D eigenvalue weighted by Gasteiger charge is 2.42. The summed E-state index contributed by atoms with van der Waals surface area (Å²) in [5.41, 5.74) is 0. The van der Waals surface area contributed by atoms with E-state index in [9.17, 15) is 4.79 Å². The molecule has 0 saturated carbocycles. The van der Waals surface area contributed by atoms with E-state index in [-0.39, 0.29) is 11.8 Å². The molecule has 2 N–H and O–H groups in total. The van der Waals surface area contributed by atoms with E-state index in [0.717, 1.165) is 19.5 Å². The highest BCUT2D eigenvalue weighted by atomic mass is 16.1. The molecule has 3 unspecified atom stereocenters. The number of rotatable bonds is 4.